The number of piperidine rings is 3. The summed E-state index contributed by atoms with van der Waals surface area (Å²) in [6.45, 7) is 6.55. The molecule has 3 aliphatic heterocycles. The van der Waals surface area contributed by atoms with E-state index < -0.39 is 6.10 Å². The lowest BCUT2D eigenvalue weighted by molar-refractivity contribution is -0.985. The van der Waals surface area contributed by atoms with Gasteiger partial charge in [0.05, 0.1) is 18.6 Å². The molecule has 5 atom stereocenters. The molecule has 1 N–H and O–H groups in total. The zero-order valence-corrected chi connectivity index (χ0v) is 19.1. The van der Waals surface area contributed by atoms with Gasteiger partial charge in [0.1, 0.15) is 24.5 Å². The first-order chi connectivity index (χ1) is 14.6. The fourth-order valence-electron chi connectivity index (χ4n) is 5.93. The van der Waals surface area contributed by atoms with Crippen molar-refractivity contribution in [2.45, 2.75) is 31.5 Å². The van der Waals surface area contributed by atoms with Crippen molar-refractivity contribution >= 4 is 10.9 Å². The van der Waals surface area contributed by atoms with Gasteiger partial charge < -0.3 is 26.6 Å². The Hall–Kier alpha value is -2.08. The van der Waals surface area contributed by atoms with E-state index in [9.17, 15) is 9.50 Å². The van der Waals surface area contributed by atoms with Crippen LogP contribution < -0.4 is 17.0 Å². The number of benzene rings is 2. The number of pyridine rings is 1. The Morgan fingerprint density at radius 1 is 1.16 bits per heavy atom. The van der Waals surface area contributed by atoms with Gasteiger partial charge in [0.25, 0.3) is 0 Å². The number of hydrogen-bond donors (Lipinski definition) is 1. The van der Waals surface area contributed by atoms with Gasteiger partial charge in [-0.3, -0.25) is 4.98 Å². The van der Waals surface area contributed by atoms with Crippen LogP contribution in [0.25, 0.3) is 10.9 Å². The van der Waals surface area contributed by atoms with Gasteiger partial charge in [-0.15, -0.1) is 6.58 Å². The van der Waals surface area contributed by atoms with E-state index in [2.05, 4.69) is 17.6 Å². The molecule has 0 amide bonds. The molecule has 3 aromatic rings. The van der Waals surface area contributed by atoms with E-state index in [0.717, 1.165) is 48.0 Å². The van der Waals surface area contributed by atoms with E-state index in [-0.39, 0.29) is 28.8 Å². The second-order valence-corrected chi connectivity index (χ2v) is 8.99. The van der Waals surface area contributed by atoms with Crippen LogP contribution in [0.4, 0.5) is 4.39 Å². The van der Waals surface area contributed by atoms with Gasteiger partial charge in [0, 0.05) is 35.9 Å². The minimum atomic E-state index is -0.613. The van der Waals surface area contributed by atoms with Crippen LogP contribution in [0.2, 0.25) is 0 Å². The summed E-state index contributed by atoms with van der Waals surface area (Å²) in [5, 5.41) is 12.7. The third kappa shape index (κ3) is 3.84. The highest BCUT2D eigenvalue weighted by atomic mass is 79.9. The summed E-state index contributed by atoms with van der Waals surface area (Å²) in [6, 6.07) is 17.0. The minimum Gasteiger partial charge on any atom is -1.00 e. The van der Waals surface area contributed by atoms with Gasteiger partial charge in [-0.1, -0.05) is 42.5 Å². The lowest BCUT2D eigenvalue weighted by Crippen LogP contribution is -3.00. The highest BCUT2D eigenvalue weighted by Gasteiger charge is 2.54. The Balaban J connectivity index is 0.00000231. The second kappa shape index (κ2) is 8.81. The van der Waals surface area contributed by atoms with Gasteiger partial charge in [-0.05, 0) is 29.7 Å². The summed E-state index contributed by atoms with van der Waals surface area (Å²) in [6.07, 6.45) is 5.28. The van der Waals surface area contributed by atoms with Gasteiger partial charge >= 0.3 is 0 Å². The third-order valence-electron chi connectivity index (χ3n) is 7.48. The van der Waals surface area contributed by atoms with Gasteiger partial charge in [-0.2, -0.15) is 0 Å². The average molecular weight is 483 g/mol. The van der Waals surface area contributed by atoms with Crippen LogP contribution in [0, 0.1) is 17.7 Å². The first-order valence-corrected chi connectivity index (χ1v) is 10.8. The number of fused-ring (bicyclic) bond motifs is 4. The summed E-state index contributed by atoms with van der Waals surface area (Å²) in [5.74, 6) is 0.800. The number of hydrogen-bond acceptors (Lipinski definition) is 2. The van der Waals surface area contributed by atoms with Crippen LogP contribution in [0.1, 0.15) is 30.1 Å². The predicted molar refractivity (Wildman–Crippen MR) is 117 cm³/mol. The molecule has 0 radical (unpaired) electrons. The maximum atomic E-state index is 14.6. The standard InChI is InChI=1S/C26H28FN2O.BrH/c1-2-18-16-29(17-20-7-3-5-9-23(20)27)14-12-19(18)15-25(29)26(30)22-11-13-28-24-10-6-4-8-21(22)24;/h2-11,13,18-19,25-26,30H,1,12,14-17H2;1H/q+1;/p-1/t18?,19?,25?,26-,29?;/m1./s1. The smallest absolute Gasteiger partial charge is 0.132 e. The van der Waals surface area contributed by atoms with E-state index >= 15 is 0 Å². The number of aliphatic hydroxyl groups excluding tert-OH is 1. The number of rotatable bonds is 5. The van der Waals surface area contributed by atoms with E-state index in [0.29, 0.717) is 22.9 Å². The Labute approximate surface area is 193 Å². The Morgan fingerprint density at radius 3 is 2.74 bits per heavy atom. The topological polar surface area (TPSA) is 33.1 Å². The SMILES string of the molecule is C=CC1C[N+]2(Cc3ccccc3F)CCC1CC2[C@H](O)c1ccnc2ccccc12.[Br-]. The molecule has 3 fully saturated rings. The lowest BCUT2D eigenvalue weighted by atomic mass is 9.71. The van der Waals surface area contributed by atoms with Crippen LogP contribution in [0.3, 0.4) is 0 Å². The lowest BCUT2D eigenvalue weighted by Gasteiger charge is -2.58. The zero-order valence-electron chi connectivity index (χ0n) is 17.5. The number of aliphatic hydroxyl groups is 1. The molecule has 6 rings (SSSR count). The summed E-state index contributed by atoms with van der Waals surface area (Å²) in [4.78, 5) is 4.46. The molecule has 0 spiro atoms. The molecular formula is C26H28BrFN2O. The van der Waals surface area contributed by atoms with Crippen molar-refractivity contribution in [2.75, 3.05) is 13.1 Å². The second-order valence-electron chi connectivity index (χ2n) is 8.99. The van der Waals surface area contributed by atoms with Crippen LogP contribution >= 0.6 is 0 Å². The average Bonchev–Trinajstić information content (AvgIpc) is 2.79. The van der Waals surface area contributed by atoms with Crippen molar-refractivity contribution in [1.29, 1.82) is 0 Å². The van der Waals surface area contributed by atoms with Crippen LogP contribution in [0.5, 0.6) is 0 Å². The third-order valence-corrected chi connectivity index (χ3v) is 7.48. The van der Waals surface area contributed by atoms with Crippen molar-refractivity contribution in [3.05, 3.63) is 90.4 Å². The maximum Gasteiger partial charge on any atom is 0.132 e. The van der Waals surface area contributed by atoms with E-state index in [1.807, 2.05) is 42.5 Å². The normalized spacial score (nSPS) is 28.1. The summed E-state index contributed by atoms with van der Waals surface area (Å²) in [7, 11) is 0. The van der Waals surface area contributed by atoms with Gasteiger partial charge in [-0.25, -0.2) is 4.39 Å². The molecular weight excluding hydrogens is 455 g/mol. The fraction of sp³-hybridized carbons (Fsp3) is 0.346. The molecule has 2 bridgehead atoms. The van der Waals surface area contributed by atoms with Crippen molar-refractivity contribution in [1.82, 2.24) is 4.98 Å². The Kier molecular flexibility index (Phi) is 6.29. The van der Waals surface area contributed by atoms with E-state index in [1.165, 1.54) is 6.07 Å². The first kappa shape index (κ1) is 22.1. The zero-order chi connectivity index (χ0) is 20.7. The van der Waals surface area contributed by atoms with Crippen LogP contribution in [-0.2, 0) is 6.54 Å². The quantitative estimate of drug-likeness (QED) is 0.445. The molecule has 0 aliphatic carbocycles. The van der Waals surface area contributed by atoms with E-state index in [1.54, 1.807) is 12.3 Å². The number of para-hydroxylation sites is 1. The monoisotopic (exact) mass is 482 g/mol. The molecule has 0 saturated carbocycles. The Bertz CT molecular complexity index is 1080. The largest absolute Gasteiger partial charge is 1.00 e. The summed E-state index contributed by atoms with van der Waals surface area (Å²) >= 11 is 0. The van der Waals surface area contributed by atoms with Crippen molar-refractivity contribution < 1.29 is 31.0 Å². The highest BCUT2D eigenvalue weighted by molar-refractivity contribution is 5.82. The predicted octanol–water partition coefficient (Wildman–Crippen LogP) is 2.02. The molecule has 4 heterocycles. The maximum absolute atomic E-state index is 14.6. The molecule has 4 unspecified atom stereocenters. The number of halogens is 2. The Morgan fingerprint density at radius 2 is 1.94 bits per heavy atom. The van der Waals surface area contributed by atoms with Gasteiger partial charge in [0.2, 0.25) is 0 Å². The summed E-state index contributed by atoms with van der Waals surface area (Å²) in [5.41, 5.74) is 2.56. The molecule has 162 valence electrons. The summed E-state index contributed by atoms with van der Waals surface area (Å²) < 4.78 is 15.3. The van der Waals surface area contributed by atoms with Gasteiger partial charge in [0.15, 0.2) is 0 Å². The molecule has 1 aromatic heterocycles. The van der Waals surface area contributed by atoms with Crippen molar-refractivity contribution in [3.63, 3.8) is 0 Å². The fourth-order valence-corrected chi connectivity index (χ4v) is 5.93. The minimum absolute atomic E-state index is 0. The van der Waals surface area contributed by atoms with Crippen LogP contribution in [0.15, 0.2) is 73.4 Å². The van der Waals surface area contributed by atoms with Crippen molar-refractivity contribution in [2.24, 2.45) is 11.8 Å². The molecule has 2 aromatic carbocycles. The molecule has 31 heavy (non-hydrogen) atoms. The molecule has 5 heteroatoms. The first-order valence-electron chi connectivity index (χ1n) is 10.8. The molecule has 3 aliphatic rings. The highest BCUT2D eigenvalue weighted by Crippen LogP contribution is 2.48. The number of aromatic nitrogens is 1. The molecule has 3 saturated heterocycles. The molecule has 3 nitrogen and oxygen atoms in total. The number of quaternary nitrogens is 1. The van der Waals surface area contributed by atoms with Crippen LogP contribution in [-0.4, -0.2) is 33.7 Å². The van der Waals surface area contributed by atoms with Crippen molar-refractivity contribution in [3.8, 4) is 0 Å². The number of nitrogens with zero attached hydrogens (tertiary/aromatic N) is 2. The van der Waals surface area contributed by atoms with E-state index in [4.69, 9.17) is 0 Å².